The maximum Gasteiger partial charge on any atom is 0.257 e. The van der Waals surface area contributed by atoms with Gasteiger partial charge in [-0.2, -0.15) is 0 Å². The summed E-state index contributed by atoms with van der Waals surface area (Å²) in [6, 6.07) is 4.91. The third-order valence-electron chi connectivity index (χ3n) is 2.54. The fraction of sp³-hybridized carbons (Fsp3) is 0.385. The summed E-state index contributed by atoms with van der Waals surface area (Å²) in [5.41, 5.74) is 6.26. The van der Waals surface area contributed by atoms with Crippen molar-refractivity contribution in [2.45, 2.75) is 0 Å². The van der Waals surface area contributed by atoms with Crippen molar-refractivity contribution < 1.29 is 19.1 Å². The lowest BCUT2D eigenvalue weighted by Crippen LogP contribution is -2.38. The lowest BCUT2D eigenvalue weighted by Gasteiger charge is -2.11. The van der Waals surface area contributed by atoms with Gasteiger partial charge < -0.3 is 25.8 Å². The summed E-state index contributed by atoms with van der Waals surface area (Å²) >= 11 is 0. The van der Waals surface area contributed by atoms with Gasteiger partial charge in [-0.1, -0.05) is 6.07 Å². The Balaban J connectivity index is 2.57. The average Bonchev–Trinajstić information content (AvgIpc) is 2.44. The Labute approximate surface area is 117 Å². The summed E-state index contributed by atoms with van der Waals surface area (Å²) in [5.74, 6) is -0.395. The van der Waals surface area contributed by atoms with Gasteiger partial charge >= 0.3 is 0 Å². The summed E-state index contributed by atoms with van der Waals surface area (Å²) < 4.78 is 9.87. The van der Waals surface area contributed by atoms with E-state index >= 15 is 0 Å². The molecule has 1 rings (SSSR count). The third-order valence-corrected chi connectivity index (χ3v) is 2.54. The molecule has 1 aromatic carbocycles. The summed E-state index contributed by atoms with van der Waals surface area (Å²) in [6.07, 6.45) is 0. The maximum atomic E-state index is 12.0. The molecular formula is C13H19N3O4. The average molecular weight is 281 g/mol. The number of anilines is 1. The van der Waals surface area contributed by atoms with Crippen molar-refractivity contribution >= 4 is 17.5 Å². The van der Waals surface area contributed by atoms with Gasteiger partial charge in [0.2, 0.25) is 5.91 Å². The normalized spacial score (nSPS) is 9.90. The van der Waals surface area contributed by atoms with Crippen molar-refractivity contribution in [1.82, 2.24) is 10.6 Å². The van der Waals surface area contributed by atoms with Crippen molar-refractivity contribution in [3.63, 3.8) is 0 Å². The number of ether oxygens (including phenoxy) is 2. The Bertz CT molecular complexity index is 477. The van der Waals surface area contributed by atoms with Gasteiger partial charge in [-0.15, -0.1) is 0 Å². The summed E-state index contributed by atoms with van der Waals surface area (Å²) in [6.45, 7) is 0.668. The third kappa shape index (κ3) is 4.43. The molecule has 0 saturated carbocycles. The zero-order valence-corrected chi connectivity index (χ0v) is 11.6. The molecule has 0 atom stereocenters. The van der Waals surface area contributed by atoms with Crippen LogP contribution in [0.25, 0.3) is 0 Å². The molecule has 2 amide bonds. The Hall–Kier alpha value is -2.28. The first kappa shape index (κ1) is 15.8. The van der Waals surface area contributed by atoms with E-state index in [0.717, 1.165) is 0 Å². The van der Waals surface area contributed by atoms with Crippen LogP contribution >= 0.6 is 0 Å². The highest BCUT2D eigenvalue weighted by molar-refractivity contribution is 6.03. The fourth-order valence-electron chi connectivity index (χ4n) is 1.57. The van der Waals surface area contributed by atoms with Gasteiger partial charge in [0.05, 0.1) is 20.3 Å². The van der Waals surface area contributed by atoms with Crippen LogP contribution in [-0.2, 0) is 9.53 Å². The number of nitrogens with one attached hydrogen (secondary N) is 2. The number of nitrogens with two attached hydrogens (primary N) is 1. The molecule has 0 heterocycles. The first-order valence-electron chi connectivity index (χ1n) is 6.06. The Kier molecular flexibility index (Phi) is 6.31. The predicted octanol–water partition coefficient (Wildman–Crippen LogP) is -0.230. The molecular weight excluding hydrogens is 262 g/mol. The lowest BCUT2D eigenvalue weighted by molar-refractivity contribution is -0.120. The van der Waals surface area contributed by atoms with Crippen molar-refractivity contribution in [2.24, 2.45) is 0 Å². The molecule has 0 aliphatic heterocycles. The van der Waals surface area contributed by atoms with E-state index in [9.17, 15) is 9.59 Å². The van der Waals surface area contributed by atoms with Crippen LogP contribution in [0.2, 0.25) is 0 Å². The monoisotopic (exact) mass is 281 g/mol. The second-order valence-corrected chi connectivity index (χ2v) is 3.95. The topological polar surface area (TPSA) is 103 Å². The van der Waals surface area contributed by atoms with Crippen LogP contribution in [0.4, 0.5) is 5.69 Å². The van der Waals surface area contributed by atoms with E-state index in [2.05, 4.69) is 10.6 Å². The molecule has 7 nitrogen and oxygen atoms in total. The van der Waals surface area contributed by atoms with Crippen LogP contribution < -0.4 is 21.1 Å². The Morgan fingerprint density at radius 3 is 2.65 bits per heavy atom. The number of rotatable bonds is 7. The summed E-state index contributed by atoms with van der Waals surface area (Å²) in [7, 11) is 2.99. The smallest absolute Gasteiger partial charge is 0.257 e. The van der Waals surface area contributed by atoms with Crippen LogP contribution in [0.3, 0.4) is 0 Å². The first-order chi connectivity index (χ1) is 9.60. The molecule has 0 unspecified atom stereocenters. The van der Waals surface area contributed by atoms with E-state index in [0.29, 0.717) is 24.6 Å². The number of carbonyl (C=O) groups is 2. The van der Waals surface area contributed by atoms with E-state index in [1.807, 2.05) is 0 Å². The number of hydrogen-bond acceptors (Lipinski definition) is 5. The van der Waals surface area contributed by atoms with Crippen LogP contribution in [0, 0.1) is 0 Å². The first-order valence-corrected chi connectivity index (χ1v) is 6.06. The molecule has 0 radical (unpaired) electrons. The molecule has 4 N–H and O–H groups in total. The number of methoxy groups -OCH3 is 2. The highest BCUT2D eigenvalue weighted by atomic mass is 16.5. The minimum atomic E-state index is -0.457. The Morgan fingerprint density at radius 1 is 1.25 bits per heavy atom. The van der Waals surface area contributed by atoms with Crippen molar-refractivity contribution in [3.8, 4) is 5.75 Å². The van der Waals surface area contributed by atoms with E-state index in [1.54, 1.807) is 25.3 Å². The molecule has 0 saturated heterocycles. The van der Waals surface area contributed by atoms with Gasteiger partial charge in [0.1, 0.15) is 11.3 Å². The van der Waals surface area contributed by atoms with Crippen LogP contribution in [0.15, 0.2) is 18.2 Å². The number of hydrogen-bond donors (Lipinski definition) is 3. The quantitative estimate of drug-likeness (QED) is 0.473. The number of amides is 2. The molecule has 110 valence electrons. The zero-order chi connectivity index (χ0) is 15.0. The predicted molar refractivity (Wildman–Crippen MR) is 74.6 cm³/mol. The molecule has 7 heteroatoms. The largest absolute Gasteiger partial charge is 0.496 e. The molecule has 20 heavy (non-hydrogen) atoms. The van der Waals surface area contributed by atoms with E-state index in [1.165, 1.54) is 7.11 Å². The van der Waals surface area contributed by atoms with Crippen molar-refractivity contribution in [3.05, 3.63) is 23.8 Å². The van der Waals surface area contributed by atoms with Gasteiger partial charge in [-0.25, -0.2) is 0 Å². The standard InChI is InChI=1S/C13H19N3O4/c1-19-7-6-15-11(17)8-16-13(18)12-9(14)4-3-5-10(12)20-2/h3-5H,6-8,14H2,1-2H3,(H,15,17)(H,16,18). The summed E-state index contributed by atoms with van der Waals surface area (Å²) in [4.78, 5) is 23.5. The molecule has 0 aliphatic rings. The van der Waals surface area contributed by atoms with E-state index in [-0.39, 0.29) is 18.0 Å². The van der Waals surface area contributed by atoms with E-state index < -0.39 is 5.91 Å². The fourth-order valence-corrected chi connectivity index (χ4v) is 1.57. The minimum Gasteiger partial charge on any atom is -0.496 e. The Morgan fingerprint density at radius 2 is 2.00 bits per heavy atom. The number of carbonyl (C=O) groups excluding carboxylic acids is 2. The maximum absolute atomic E-state index is 12.0. The van der Waals surface area contributed by atoms with Crippen LogP contribution in [0.1, 0.15) is 10.4 Å². The molecule has 0 bridgehead atoms. The van der Waals surface area contributed by atoms with Gasteiger partial charge in [-0.3, -0.25) is 9.59 Å². The van der Waals surface area contributed by atoms with Crippen LogP contribution in [0.5, 0.6) is 5.75 Å². The van der Waals surface area contributed by atoms with Gasteiger partial charge in [0.25, 0.3) is 5.91 Å². The van der Waals surface area contributed by atoms with Crippen molar-refractivity contribution in [2.75, 3.05) is 39.6 Å². The molecule has 1 aromatic rings. The second kappa shape index (κ2) is 8.00. The number of benzene rings is 1. The molecule has 0 aliphatic carbocycles. The zero-order valence-electron chi connectivity index (χ0n) is 11.6. The minimum absolute atomic E-state index is 0.139. The van der Waals surface area contributed by atoms with Crippen LogP contribution in [-0.4, -0.2) is 45.7 Å². The SMILES string of the molecule is COCCNC(=O)CNC(=O)c1c(N)cccc1OC. The lowest BCUT2D eigenvalue weighted by atomic mass is 10.1. The molecule has 0 fully saturated rings. The molecule has 0 spiro atoms. The highest BCUT2D eigenvalue weighted by Crippen LogP contribution is 2.23. The van der Waals surface area contributed by atoms with Gasteiger partial charge in [0, 0.05) is 19.3 Å². The van der Waals surface area contributed by atoms with Gasteiger partial charge in [-0.05, 0) is 12.1 Å². The van der Waals surface area contributed by atoms with Crippen molar-refractivity contribution in [1.29, 1.82) is 0 Å². The number of nitrogen functional groups attached to an aromatic ring is 1. The molecule has 0 aromatic heterocycles. The van der Waals surface area contributed by atoms with E-state index in [4.69, 9.17) is 15.2 Å². The van der Waals surface area contributed by atoms with Gasteiger partial charge in [0.15, 0.2) is 0 Å². The summed E-state index contributed by atoms with van der Waals surface area (Å²) in [5, 5.41) is 5.08. The highest BCUT2D eigenvalue weighted by Gasteiger charge is 2.16. The second-order valence-electron chi connectivity index (χ2n) is 3.95.